The normalized spacial score (nSPS) is 11.8. The van der Waals surface area contributed by atoms with E-state index in [0.717, 1.165) is 24.3 Å². The second-order valence-corrected chi connectivity index (χ2v) is 9.29. The van der Waals surface area contributed by atoms with Crippen LogP contribution in [0.3, 0.4) is 0 Å². The predicted octanol–water partition coefficient (Wildman–Crippen LogP) is 4.99. The molecule has 0 saturated heterocycles. The molecular formula is C22H15ClF3N5O3S. The third-order valence-corrected chi connectivity index (χ3v) is 6.34. The van der Waals surface area contributed by atoms with Crippen molar-refractivity contribution >= 4 is 38.9 Å². The number of halogens is 4. The van der Waals surface area contributed by atoms with E-state index in [9.17, 15) is 26.4 Å². The summed E-state index contributed by atoms with van der Waals surface area (Å²) in [6.07, 6.45) is -2.21. The van der Waals surface area contributed by atoms with E-state index in [1.807, 2.05) is 0 Å². The van der Waals surface area contributed by atoms with Crippen LogP contribution in [0, 0.1) is 0 Å². The van der Waals surface area contributed by atoms with E-state index in [2.05, 4.69) is 20.1 Å². The fourth-order valence-electron chi connectivity index (χ4n) is 3.11. The maximum Gasteiger partial charge on any atom is 0.416 e. The van der Waals surface area contributed by atoms with Crippen molar-refractivity contribution in [2.75, 3.05) is 10.0 Å². The summed E-state index contributed by atoms with van der Waals surface area (Å²) in [6, 6.07) is 13.8. The van der Waals surface area contributed by atoms with Crippen LogP contribution in [0.2, 0.25) is 5.02 Å². The number of carbonyl (C=O) groups excluding carboxylic acids is 1. The van der Waals surface area contributed by atoms with E-state index in [0.29, 0.717) is 5.02 Å². The number of nitrogens with zero attached hydrogens (tertiary/aromatic N) is 3. The van der Waals surface area contributed by atoms with Gasteiger partial charge >= 0.3 is 6.18 Å². The zero-order valence-electron chi connectivity index (χ0n) is 17.5. The lowest BCUT2D eigenvalue weighted by molar-refractivity contribution is -0.137. The van der Waals surface area contributed by atoms with E-state index in [4.69, 9.17) is 11.6 Å². The highest BCUT2D eigenvalue weighted by Gasteiger charge is 2.31. The van der Waals surface area contributed by atoms with Gasteiger partial charge in [0.1, 0.15) is 12.7 Å². The summed E-state index contributed by atoms with van der Waals surface area (Å²) in [6.45, 7) is 0. The molecule has 2 N–H and O–H groups in total. The number of alkyl halides is 3. The number of aromatic nitrogens is 3. The number of amides is 1. The van der Waals surface area contributed by atoms with Crippen LogP contribution >= 0.6 is 11.6 Å². The molecule has 3 aromatic carbocycles. The molecule has 0 fully saturated rings. The summed E-state index contributed by atoms with van der Waals surface area (Å²) in [5.74, 6) is -0.828. The van der Waals surface area contributed by atoms with Crippen LogP contribution in [0.25, 0.3) is 5.69 Å². The molecule has 0 aliphatic carbocycles. The first-order valence-corrected chi connectivity index (χ1v) is 11.6. The summed E-state index contributed by atoms with van der Waals surface area (Å²) in [4.78, 5) is 16.4. The first kappa shape index (κ1) is 24.2. The van der Waals surface area contributed by atoms with Crippen molar-refractivity contribution in [2.24, 2.45) is 0 Å². The number of benzene rings is 3. The van der Waals surface area contributed by atoms with E-state index in [1.54, 1.807) is 12.1 Å². The van der Waals surface area contributed by atoms with Crippen molar-refractivity contribution in [3.8, 4) is 5.69 Å². The SMILES string of the molecule is O=C(Nc1cc(C(F)(F)F)ccc1-n1cncn1)c1cccc(S(=O)(=O)Nc2cccc(Cl)c2)c1. The second kappa shape index (κ2) is 9.39. The van der Waals surface area contributed by atoms with Crippen LogP contribution in [0.5, 0.6) is 0 Å². The minimum atomic E-state index is -4.65. The quantitative estimate of drug-likeness (QED) is 0.372. The highest BCUT2D eigenvalue weighted by atomic mass is 35.5. The van der Waals surface area contributed by atoms with Crippen molar-refractivity contribution in [2.45, 2.75) is 11.1 Å². The molecule has 0 atom stereocenters. The van der Waals surface area contributed by atoms with Gasteiger partial charge in [-0.2, -0.15) is 18.3 Å². The first-order valence-electron chi connectivity index (χ1n) is 9.79. The molecule has 0 unspecified atom stereocenters. The van der Waals surface area contributed by atoms with Gasteiger partial charge in [0, 0.05) is 10.6 Å². The first-order chi connectivity index (χ1) is 16.5. The molecular weight excluding hydrogens is 507 g/mol. The molecule has 1 amide bonds. The fraction of sp³-hybridized carbons (Fsp3) is 0.0455. The van der Waals surface area contributed by atoms with Crippen molar-refractivity contribution in [3.63, 3.8) is 0 Å². The monoisotopic (exact) mass is 521 g/mol. The van der Waals surface area contributed by atoms with Gasteiger partial charge in [-0.1, -0.05) is 23.7 Å². The Morgan fingerprint density at radius 2 is 1.77 bits per heavy atom. The van der Waals surface area contributed by atoms with E-state index < -0.39 is 27.7 Å². The van der Waals surface area contributed by atoms with Crippen LogP contribution in [0.15, 0.2) is 84.3 Å². The van der Waals surface area contributed by atoms with Crippen molar-refractivity contribution < 1.29 is 26.4 Å². The molecule has 1 aromatic heterocycles. The Morgan fingerprint density at radius 3 is 2.46 bits per heavy atom. The molecule has 0 radical (unpaired) electrons. The highest BCUT2D eigenvalue weighted by molar-refractivity contribution is 7.92. The summed E-state index contributed by atoms with van der Waals surface area (Å²) in [5.41, 5.74) is -0.927. The molecule has 13 heteroatoms. The highest BCUT2D eigenvalue weighted by Crippen LogP contribution is 2.33. The Kier molecular flexibility index (Phi) is 6.50. The number of carbonyl (C=O) groups is 1. The van der Waals surface area contributed by atoms with Gasteiger partial charge in [0.2, 0.25) is 0 Å². The molecule has 0 saturated carbocycles. The third kappa shape index (κ3) is 5.61. The maximum atomic E-state index is 13.3. The molecule has 0 aliphatic rings. The van der Waals surface area contributed by atoms with Crippen molar-refractivity contribution in [3.05, 3.63) is 95.5 Å². The standard InChI is InChI=1S/C22H15ClF3N5O3S/c23-16-4-2-5-17(11-16)30-35(33,34)18-6-1-3-14(9-18)21(32)29-19-10-15(22(24,25)26)7-8-20(19)31-13-27-12-28-31/h1-13,30H,(H,29,32). The molecule has 0 spiro atoms. The van der Waals surface area contributed by atoms with Gasteiger partial charge < -0.3 is 5.32 Å². The van der Waals surface area contributed by atoms with Gasteiger partial charge in [0.25, 0.3) is 15.9 Å². The lowest BCUT2D eigenvalue weighted by atomic mass is 10.1. The largest absolute Gasteiger partial charge is 0.416 e. The van der Waals surface area contributed by atoms with E-state index >= 15 is 0 Å². The average Bonchev–Trinajstić information content (AvgIpc) is 3.33. The average molecular weight is 522 g/mol. The van der Waals surface area contributed by atoms with Gasteiger partial charge in [-0.05, 0) is 54.6 Å². The van der Waals surface area contributed by atoms with E-state index in [-0.39, 0.29) is 27.5 Å². The molecule has 0 bridgehead atoms. The third-order valence-electron chi connectivity index (χ3n) is 4.72. The number of sulfonamides is 1. The lowest BCUT2D eigenvalue weighted by Gasteiger charge is -2.15. The molecule has 4 rings (SSSR count). The summed E-state index contributed by atoms with van der Waals surface area (Å²) in [7, 11) is -4.09. The van der Waals surface area contributed by atoms with Crippen molar-refractivity contribution in [1.29, 1.82) is 0 Å². The number of hydrogen-bond donors (Lipinski definition) is 2. The van der Waals surface area contributed by atoms with Gasteiger partial charge in [0.15, 0.2) is 0 Å². The second-order valence-electron chi connectivity index (χ2n) is 7.17. The van der Waals surface area contributed by atoms with Crippen LogP contribution in [0.4, 0.5) is 24.5 Å². The zero-order valence-corrected chi connectivity index (χ0v) is 19.1. The van der Waals surface area contributed by atoms with Gasteiger partial charge in [-0.15, -0.1) is 0 Å². The number of anilines is 2. The van der Waals surface area contributed by atoms with Crippen LogP contribution in [-0.2, 0) is 16.2 Å². The van der Waals surface area contributed by atoms with Crippen LogP contribution < -0.4 is 10.0 Å². The molecule has 1 heterocycles. The van der Waals surface area contributed by atoms with E-state index in [1.165, 1.54) is 47.7 Å². The predicted molar refractivity (Wildman–Crippen MR) is 123 cm³/mol. The Labute approximate surface area is 202 Å². The van der Waals surface area contributed by atoms with Crippen molar-refractivity contribution in [1.82, 2.24) is 14.8 Å². The number of hydrogen-bond acceptors (Lipinski definition) is 5. The van der Waals surface area contributed by atoms with Crippen LogP contribution in [0.1, 0.15) is 15.9 Å². The summed E-state index contributed by atoms with van der Waals surface area (Å²) >= 11 is 5.88. The Bertz CT molecular complexity index is 1490. The summed E-state index contributed by atoms with van der Waals surface area (Å²) < 4.78 is 68.9. The molecule has 35 heavy (non-hydrogen) atoms. The minimum absolute atomic E-state index is 0.0964. The molecule has 8 nitrogen and oxygen atoms in total. The molecule has 4 aromatic rings. The van der Waals surface area contributed by atoms with Gasteiger partial charge in [-0.25, -0.2) is 18.1 Å². The minimum Gasteiger partial charge on any atom is -0.320 e. The number of nitrogens with one attached hydrogen (secondary N) is 2. The van der Waals surface area contributed by atoms with Gasteiger partial charge in [0.05, 0.1) is 27.5 Å². The lowest BCUT2D eigenvalue weighted by Crippen LogP contribution is -2.17. The maximum absolute atomic E-state index is 13.3. The van der Waals surface area contributed by atoms with Crippen LogP contribution in [-0.4, -0.2) is 29.1 Å². The fourth-order valence-corrected chi connectivity index (χ4v) is 4.40. The zero-order chi connectivity index (χ0) is 25.2. The number of rotatable bonds is 6. The Morgan fingerprint density at radius 1 is 1.00 bits per heavy atom. The Hall–Kier alpha value is -3.90. The molecule has 0 aliphatic heterocycles. The topological polar surface area (TPSA) is 106 Å². The summed E-state index contributed by atoms with van der Waals surface area (Å²) in [5, 5.41) is 6.61. The van der Waals surface area contributed by atoms with Gasteiger partial charge in [-0.3, -0.25) is 9.52 Å². The molecule has 180 valence electrons. The smallest absolute Gasteiger partial charge is 0.320 e. The Balaban J connectivity index is 1.64.